The number of aliphatic carboxylic acids is 1. The highest BCUT2D eigenvalue weighted by molar-refractivity contribution is 5.69. The first-order valence-electron chi connectivity index (χ1n) is 5.78. The molecule has 1 aromatic carbocycles. The van der Waals surface area contributed by atoms with Gasteiger partial charge in [0.05, 0.1) is 13.7 Å². The molecule has 0 amide bonds. The van der Waals surface area contributed by atoms with E-state index in [0.29, 0.717) is 12.6 Å². The van der Waals surface area contributed by atoms with Gasteiger partial charge in [-0.25, -0.2) is 0 Å². The number of para-hydroxylation sites is 1. The topological polar surface area (TPSA) is 49.8 Å². The number of hydrogen-bond acceptors (Lipinski definition) is 3. The Bertz CT molecular complexity index is 401. The summed E-state index contributed by atoms with van der Waals surface area (Å²) in [6.07, 6.45) is 2.20. The Morgan fingerprint density at radius 3 is 2.76 bits per heavy atom. The van der Waals surface area contributed by atoms with Gasteiger partial charge in [0.25, 0.3) is 0 Å². The number of benzene rings is 1. The highest BCUT2D eigenvalue weighted by Crippen LogP contribution is 2.29. The highest BCUT2D eigenvalue weighted by atomic mass is 16.5. The van der Waals surface area contributed by atoms with Crippen molar-refractivity contribution in [2.45, 2.75) is 25.4 Å². The van der Waals surface area contributed by atoms with Crippen LogP contribution in [0, 0.1) is 0 Å². The van der Waals surface area contributed by atoms with Crippen LogP contribution in [0.25, 0.3) is 0 Å². The molecule has 0 unspecified atom stereocenters. The minimum atomic E-state index is -0.771. The number of carbonyl (C=O) groups is 1. The fourth-order valence-corrected chi connectivity index (χ4v) is 1.98. The molecule has 1 fully saturated rings. The smallest absolute Gasteiger partial charge is 0.317 e. The summed E-state index contributed by atoms with van der Waals surface area (Å²) in [5.74, 6) is 0.0512. The molecule has 1 aromatic rings. The van der Waals surface area contributed by atoms with Gasteiger partial charge in [-0.2, -0.15) is 0 Å². The van der Waals surface area contributed by atoms with Crippen LogP contribution in [0.4, 0.5) is 0 Å². The molecule has 92 valence electrons. The SMILES string of the molecule is COc1ccccc1CN(CC(=O)O)C1CC1. The molecular formula is C13H17NO3. The summed E-state index contributed by atoms with van der Waals surface area (Å²) < 4.78 is 5.28. The van der Waals surface area contributed by atoms with Crippen LogP contribution in [-0.4, -0.2) is 35.7 Å². The second-order valence-electron chi connectivity index (χ2n) is 4.34. The first kappa shape index (κ1) is 11.9. The summed E-state index contributed by atoms with van der Waals surface area (Å²) in [5, 5.41) is 8.89. The van der Waals surface area contributed by atoms with Crippen molar-refractivity contribution < 1.29 is 14.6 Å². The van der Waals surface area contributed by atoms with E-state index in [1.807, 2.05) is 29.2 Å². The lowest BCUT2D eigenvalue weighted by molar-refractivity contribution is -0.138. The van der Waals surface area contributed by atoms with Crippen LogP contribution in [0.5, 0.6) is 5.75 Å². The number of nitrogens with zero attached hydrogens (tertiary/aromatic N) is 1. The zero-order chi connectivity index (χ0) is 12.3. The molecule has 0 spiro atoms. The second kappa shape index (κ2) is 5.19. The predicted molar refractivity (Wildman–Crippen MR) is 64.1 cm³/mol. The molecule has 0 saturated heterocycles. The molecule has 4 heteroatoms. The Morgan fingerprint density at radius 1 is 1.47 bits per heavy atom. The number of hydrogen-bond donors (Lipinski definition) is 1. The molecule has 0 aliphatic heterocycles. The molecule has 4 nitrogen and oxygen atoms in total. The van der Waals surface area contributed by atoms with Crippen LogP contribution in [0.3, 0.4) is 0 Å². The fourth-order valence-electron chi connectivity index (χ4n) is 1.98. The molecule has 1 aliphatic rings. The number of carboxylic acid groups (broad SMARTS) is 1. The Balaban J connectivity index is 2.08. The van der Waals surface area contributed by atoms with E-state index in [0.717, 1.165) is 24.2 Å². The predicted octanol–water partition coefficient (Wildman–Crippen LogP) is 1.74. The normalized spacial score (nSPS) is 14.9. The van der Waals surface area contributed by atoms with Gasteiger partial charge >= 0.3 is 5.97 Å². The highest BCUT2D eigenvalue weighted by Gasteiger charge is 2.30. The zero-order valence-corrected chi connectivity index (χ0v) is 9.93. The van der Waals surface area contributed by atoms with Crippen molar-refractivity contribution in [2.24, 2.45) is 0 Å². The van der Waals surface area contributed by atoms with Gasteiger partial charge in [-0.1, -0.05) is 18.2 Å². The molecule has 0 radical (unpaired) electrons. The first-order chi connectivity index (χ1) is 8.20. The Hall–Kier alpha value is -1.55. The third-order valence-electron chi connectivity index (χ3n) is 2.97. The quantitative estimate of drug-likeness (QED) is 0.816. The minimum Gasteiger partial charge on any atom is -0.496 e. The molecule has 0 atom stereocenters. The lowest BCUT2D eigenvalue weighted by atomic mass is 10.2. The van der Waals surface area contributed by atoms with Crippen molar-refractivity contribution in [3.05, 3.63) is 29.8 Å². The van der Waals surface area contributed by atoms with E-state index in [1.54, 1.807) is 7.11 Å². The largest absolute Gasteiger partial charge is 0.496 e. The van der Waals surface area contributed by atoms with Gasteiger partial charge in [-0.3, -0.25) is 9.69 Å². The Labute approximate surface area is 101 Å². The lowest BCUT2D eigenvalue weighted by Crippen LogP contribution is -2.31. The average molecular weight is 235 g/mol. The molecule has 0 aromatic heterocycles. The van der Waals surface area contributed by atoms with E-state index in [-0.39, 0.29) is 6.54 Å². The van der Waals surface area contributed by atoms with Crippen molar-refractivity contribution in [3.63, 3.8) is 0 Å². The van der Waals surface area contributed by atoms with Gasteiger partial charge in [-0.05, 0) is 18.9 Å². The van der Waals surface area contributed by atoms with E-state index in [4.69, 9.17) is 9.84 Å². The van der Waals surface area contributed by atoms with Gasteiger partial charge < -0.3 is 9.84 Å². The summed E-state index contributed by atoms with van der Waals surface area (Å²) in [5.41, 5.74) is 1.04. The summed E-state index contributed by atoms with van der Waals surface area (Å²) in [6.45, 7) is 0.740. The summed E-state index contributed by atoms with van der Waals surface area (Å²) in [6, 6.07) is 8.18. The number of ether oxygens (including phenoxy) is 1. The molecule has 1 N–H and O–H groups in total. The average Bonchev–Trinajstić information content (AvgIpc) is 3.12. The van der Waals surface area contributed by atoms with Crippen molar-refractivity contribution in [1.82, 2.24) is 4.90 Å². The molecule has 1 saturated carbocycles. The lowest BCUT2D eigenvalue weighted by Gasteiger charge is -2.20. The summed E-state index contributed by atoms with van der Waals surface area (Å²) in [7, 11) is 1.64. The zero-order valence-electron chi connectivity index (χ0n) is 9.93. The molecule has 0 bridgehead atoms. The van der Waals surface area contributed by atoms with E-state index < -0.39 is 5.97 Å². The van der Waals surface area contributed by atoms with Gasteiger partial charge in [0, 0.05) is 18.2 Å². The third kappa shape index (κ3) is 3.20. The van der Waals surface area contributed by atoms with Gasteiger partial charge in [0.15, 0.2) is 0 Å². The monoisotopic (exact) mass is 235 g/mol. The van der Waals surface area contributed by atoms with Crippen LogP contribution in [0.1, 0.15) is 18.4 Å². The molecule has 17 heavy (non-hydrogen) atoms. The third-order valence-corrected chi connectivity index (χ3v) is 2.97. The van der Waals surface area contributed by atoms with Crippen LogP contribution < -0.4 is 4.74 Å². The Morgan fingerprint density at radius 2 is 2.18 bits per heavy atom. The van der Waals surface area contributed by atoms with Crippen LogP contribution in [0.15, 0.2) is 24.3 Å². The maximum absolute atomic E-state index is 10.8. The van der Waals surface area contributed by atoms with Crippen molar-refractivity contribution in [3.8, 4) is 5.75 Å². The Kier molecular flexibility index (Phi) is 3.64. The first-order valence-corrected chi connectivity index (χ1v) is 5.78. The number of rotatable bonds is 6. The fraction of sp³-hybridized carbons (Fsp3) is 0.462. The van der Waals surface area contributed by atoms with E-state index in [9.17, 15) is 4.79 Å². The van der Waals surface area contributed by atoms with Crippen molar-refractivity contribution in [2.75, 3.05) is 13.7 Å². The maximum atomic E-state index is 10.8. The van der Waals surface area contributed by atoms with E-state index in [1.165, 1.54) is 0 Å². The standard InChI is InChI=1S/C13H17NO3/c1-17-12-5-3-2-4-10(12)8-14(9-13(15)16)11-6-7-11/h2-5,11H,6-9H2,1H3,(H,15,16). The molecular weight excluding hydrogens is 218 g/mol. The second-order valence-corrected chi connectivity index (χ2v) is 4.34. The van der Waals surface area contributed by atoms with Crippen molar-refractivity contribution >= 4 is 5.97 Å². The maximum Gasteiger partial charge on any atom is 0.317 e. The van der Waals surface area contributed by atoms with Crippen molar-refractivity contribution in [1.29, 1.82) is 0 Å². The van der Waals surface area contributed by atoms with Crippen LogP contribution in [-0.2, 0) is 11.3 Å². The molecule has 2 rings (SSSR count). The van der Waals surface area contributed by atoms with Gasteiger partial charge in [0.2, 0.25) is 0 Å². The van der Waals surface area contributed by atoms with Gasteiger partial charge in [0.1, 0.15) is 5.75 Å². The van der Waals surface area contributed by atoms with Crippen LogP contribution >= 0.6 is 0 Å². The van der Waals surface area contributed by atoms with E-state index >= 15 is 0 Å². The van der Waals surface area contributed by atoms with E-state index in [2.05, 4.69) is 0 Å². The summed E-state index contributed by atoms with van der Waals surface area (Å²) >= 11 is 0. The van der Waals surface area contributed by atoms with Crippen LogP contribution in [0.2, 0.25) is 0 Å². The minimum absolute atomic E-state index is 0.0999. The number of methoxy groups -OCH3 is 1. The number of carboxylic acids is 1. The molecule has 0 heterocycles. The van der Waals surface area contributed by atoms with Gasteiger partial charge in [-0.15, -0.1) is 0 Å². The summed E-state index contributed by atoms with van der Waals surface area (Å²) in [4.78, 5) is 12.8. The molecule has 1 aliphatic carbocycles.